The number of thioether (sulfide) groups is 1. The van der Waals surface area contributed by atoms with Crippen LogP contribution in [0, 0.1) is 11.7 Å². The molecular formula is C15H19FO4S. The van der Waals surface area contributed by atoms with Gasteiger partial charge in [-0.15, -0.1) is 11.8 Å². The van der Waals surface area contributed by atoms with Gasteiger partial charge >= 0.3 is 11.9 Å². The Morgan fingerprint density at radius 3 is 2.52 bits per heavy atom. The quantitative estimate of drug-likeness (QED) is 0.572. The summed E-state index contributed by atoms with van der Waals surface area (Å²) in [4.78, 5) is 23.7. The molecule has 0 aliphatic heterocycles. The second kappa shape index (κ2) is 8.67. The Hall–Kier alpha value is -1.56. The summed E-state index contributed by atoms with van der Waals surface area (Å²) >= 11 is 1.03. The summed E-state index contributed by atoms with van der Waals surface area (Å²) in [5.41, 5.74) is 0. The fourth-order valence-electron chi connectivity index (χ4n) is 1.64. The van der Waals surface area contributed by atoms with Crippen molar-refractivity contribution in [2.24, 2.45) is 5.92 Å². The molecule has 0 aromatic heterocycles. The number of esters is 2. The van der Waals surface area contributed by atoms with E-state index in [4.69, 9.17) is 4.74 Å². The van der Waals surface area contributed by atoms with Crippen molar-refractivity contribution in [3.8, 4) is 0 Å². The third-order valence-electron chi connectivity index (χ3n) is 2.61. The molecule has 6 heteroatoms. The highest BCUT2D eigenvalue weighted by atomic mass is 32.2. The minimum Gasteiger partial charge on any atom is -0.466 e. The van der Waals surface area contributed by atoms with Gasteiger partial charge in [0.15, 0.2) is 6.10 Å². The number of carbonyl (C=O) groups is 2. The summed E-state index contributed by atoms with van der Waals surface area (Å²) in [6.07, 6.45) is -0.522. The Kier molecular flexibility index (Phi) is 7.22. The number of hydrogen-bond acceptors (Lipinski definition) is 5. The van der Waals surface area contributed by atoms with E-state index >= 15 is 0 Å². The lowest BCUT2D eigenvalue weighted by Crippen LogP contribution is -2.30. The van der Waals surface area contributed by atoms with Crippen molar-refractivity contribution in [2.45, 2.75) is 31.3 Å². The molecule has 0 aliphatic carbocycles. The van der Waals surface area contributed by atoms with Crippen LogP contribution < -0.4 is 0 Å². The molecule has 1 unspecified atom stereocenters. The van der Waals surface area contributed by atoms with E-state index in [0.29, 0.717) is 11.3 Å². The fraction of sp³-hybridized carbons (Fsp3) is 0.467. The van der Waals surface area contributed by atoms with Gasteiger partial charge in [-0.25, -0.2) is 9.18 Å². The Morgan fingerprint density at radius 2 is 1.95 bits per heavy atom. The maximum atomic E-state index is 13.4. The van der Waals surface area contributed by atoms with Crippen LogP contribution in [-0.4, -0.2) is 30.9 Å². The summed E-state index contributed by atoms with van der Waals surface area (Å²) in [5, 5.41) is 0. The minimum absolute atomic E-state index is 0.0630. The molecule has 0 saturated carbocycles. The van der Waals surface area contributed by atoms with Crippen LogP contribution >= 0.6 is 11.8 Å². The molecular weight excluding hydrogens is 295 g/mol. The van der Waals surface area contributed by atoms with Crippen LogP contribution in [0.15, 0.2) is 29.2 Å². The number of benzene rings is 1. The van der Waals surface area contributed by atoms with Gasteiger partial charge in [0.25, 0.3) is 0 Å². The number of halogens is 1. The van der Waals surface area contributed by atoms with Crippen molar-refractivity contribution in [1.82, 2.24) is 0 Å². The maximum absolute atomic E-state index is 13.4. The molecule has 0 radical (unpaired) electrons. The molecule has 0 N–H and O–H groups in total. The van der Waals surface area contributed by atoms with Crippen LogP contribution in [0.4, 0.5) is 4.39 Å². The lowest BCUT2D eigenvalue weighted by molar-refractivity contribution is -0.165. The van der Waals surface area contributed by atoms with Crippen LogP contribution in [0.2, 0.25) is 0 Å². The summed E-state index contributed by atoms with van der Waals surface area (Å²) < 4.78 is 23.1. The van der Waals surface area contributed by atoms with Crippen LogP contribution in [0.25, 0.3) is 0 Å². The van der Waals surface area contributed by atoms with E-state index in [1.54, 1.807) is 18.2 Å². The van der Waals surface area contributed by atoms with Crippen LogP contribution in [0.5, 0.6) is 0 Å². The van der Waals surface area contributed by atoms with Gasteiger partial charge in [-0.1, -0.05) is 26.0 Å². The second-order valence-electron chi connectivity index (χ2n) is 4.85. The monoisotopic (exact) mass is 314 g/mol. The van der Waals surface area contributed by atoms with Gasteiger partial charge in [0, 0.05) is 4.90 Å². The molecule has 0 aliphatic rings. The smallest absolute Gasteiger partial charge is 0.347 e. The van der Waals surface area contributed by atoms with Crippen molar-refractivity contribution in [1.29, 1.82) is 0 Å². The molecule has 0 saturated heterocycles. The Labute approximate surface area is 128 Å². The van der Waals surface area contributed by atoms with E-state index in [1.807, 2.05) is 13.8 Å². The van der Waals surface area contributed by atoms with Crippen molar-refractivity contribution >= 4 is 23.7 Å². The first kappa shape index (κ1) is 17.5. The highest BCUT2D eigenvalue weighted by Crippen LogP contribution is 2.21. The van der Waals surface area contributed by atoms with Crippen LogP contribution in [-0.2, 0) is 19.1 Å². The Morgan fingerprint density at radius 1 is 1.29 bits per heavy atom. The first-order valence-corrected chi connectivity index (χ1v) is 7.57. The molecule has 0 fully saturated rings. The van der Waals surface area contributed by atoms with Gasteiger partial charge in [0.2, 0.25) is 0 Å². The summed E-state index contributed by atoms with van der Waals surface area (Å²) in [6, 6.07) is 6.17. The Bertz CT molecular complexity index is 490. The minimum atomic E-state index is -0.913. The van der Waals surface area contributed by atoms with E-state index < -0.39 is 18.0 Å². The number of carbonyl (C=O) groups excluding carboxylic acids is 2. The van der Waals surface area contributed by atoms with Gasteiger partial charge in [-0.2, -0.15) is 0 Å². The molecule has 0 amide bonds. The Balaban J connectivity index is 2.54. The maximum Gasteiger partial charge on any atom is 0.347 e. The summed E-state index contributed by atoms with van der Waals surface area (Å²) in [5.74, 6) is -1.41. The zero-order valence-corrected chi connectivity index (χ0v) is 13.1. The third kappa shape index (κ3) is 6.16. The normalized spacial score (nSPS) is 12.0. The van der Waals surface area contributed by atoms with Gasteiger partial charge in [-0.05, 0) is 24.5 Å². The number of rotatable bonds is 7. The van der Waals surface area contributed by atoms with Gasteiger partial charge in [0.05, 0.1) is 12.9 Å². The average molecular weight is 314 g/mol. The van der Waals surface area contributed by atoms with Crippen LogP contribution in [0.1, 0.15) is 20.3 Å². The van der Waals surface area contributed by atoms with Gasteiger partial charge in [0.1, 0.15) is 5.82 Å². The number of methoxy groups -OCH3 is 1. The lowest BCUT2D eigenvalue weighted by atomic mass is 10.1. The first-order chi connectivity index (χ1) is 9.93. The highest BCUT2D eigenvalue weighted by Gasteiger charge is 2.24. The largest absolute Gasteiger partial charge is 0.466 e. The van der Waals surface area contributed by atoms with Crippen molar-refractivity contribution in [2.75, 3.05) is 12.9 Å². The van der Waals surface area contributed by atoms with E-state index in [1.165, 1.54) is 13.2 Å². The molecule has 1 rings (SSSR count). The van der Waals surface area contributed by atoms with E-state index in [9.17, 15) is 14.0 Å². The predicted molar refractivity (Wildman–Crippen MR) is 78.5 cm³/mol. The SMILES string of the molecule is COC(=O)C(CC(C)C)OC(=O)CSc1ccccc1F. The molecule has 116 valence electrons. The van der Waals surface area contributed by atoms with Gasteiger partial charge in [-0.3, -0.25) is 4.79 Å². The summed E-state index contributed by atoms with van der Waals surface area (Å²) in [6.45, 7) is 3.83. The molecule has 21 heavy (non-hydrogen) atoms. The fourth-order valence-corrected chi connectivity index (χ4v) is 2.37. The molecule has 1 aromatic rings. The highest BCUT2D eigenvalue weighted by molar-refractivity contribution is 8.00. The zero-order chi connectivity index (χ0) is 15.8. The van der Waals surface area contributed by atoms with Crippen molar-refractivity contribution in [3.63, 3.8) is 0 Å². The topological polar surface area (TPSA) is 52.6 Å². The van der Waals surface area contributed by atoms with Gasteiger partial charge < -0.3 is 9.47 Å². The standard InChI is InChI=1S/C15H19FO4S/c1-10(2)8-12(15(18)19-3)20-14(17)9-21-13-7-5-4-6-11(13)16/h4-7,10,12H,8-9H2,1-3H3. The van der Waals surface area contributed by atoms with E-state index in [-0.39, 0.29) is 17.5 Å². The van der Waals surface area contributed by atoms with E-state index in [0.717, 1.165) is 11.8 Å². The lowest BCUT2D eigenvalue weighted by Gasteiger charge is -2.17. The third-order valence-corrected chi connectivity index (χ3v) is 3.63. The number of hydrogen-bond donors (Lipinski definition) is 0. The molecule has 0 heterocycles. The van der Waals surface area contributed by atoms with E-state index in [2.05, 4.69) is 4.74 Å². The average Bonchev–Trinajstić information content (AvgIpc) is 2.44. The second-order valence-corrected chi connectivity index (χ2v) is 5.87. The molecule has 0 spiro atoms. The molecule has 1 aromatic carbocycles. The molecule has 1 atom stereocenters. The van der Waals surface area contributed by atoms with Crippen molar-refractivity contribution in [3.05, 3.63) is 30.1 Å². The molecule has 0 bridgehead atoms. The molecule has 4 nitrogen and oxygen atoms in total. The number of ether oxygens (including phenoxy) is 2. The zero-order valence-electron chi connectivity index (χ0n) is 12.3. The predicted octanol–water partition coefficient (Wildman–Crippen LogP) is 3.05. The van der Waals surface area contributed by atoms with Crippen LogP contribution in [0.3, 0.4) is 0 Å². The summed E-state index contributed by atoms with van der Waals surface area (Å²) in [7, 11) is 1.25. The van der Waals surface area contributed by atoms with Crippen molar-refractivity contribution < 1.29 is 23.5 Å². The first-order valence-electron chi connectivity index (χ1n) is 6.58.